The third-order valence-corrected chi connectivity index (χ3v) is 4.79. The van der Waals surface area contributed by atoms with Crippen LogP contribution in [0.25, 0.3) is 0 Å². The minimum absolute atomic E-state index is 0. The SMILES string of the molecule is CCNC(=NCC(O)c1ccc(OC)cc1)NC1CC(C)CC(C)C1.I. The molecule has 0 amide bonds. The van der Waals surface area contributed by atoms with Gasteiger partial charge in [0.25, 0.3) is 0 Å². The molecule has 6 heteroatoms. The topological polar surface area (TPSA) is 65.9 Å². The van der Waals surface area contributed by atoms with E-state index < -0.39 is 6.10 Å². The Bertz CT molecular complexity index is 540. The van der Waals surface area contributed by atoms with Gasteiger partial charge in [0.2, 0.25) is 0 Å². The predicted molar refractivity (Wildman–Crippen MR) is 118 cm³/mol. The lowest BCUT2D eigenvalue weighted by atomic mass is 9.80. The summed E-state index contributed by atoms with van der Waals surface area (Å²) in [6.45, 7) is 7.84. The highest BCUT2D eigenvalue weighted by molar-refractivity contribution is 14.0. The smallest absolute Gasteiger partial charge is 0.191 e. The quantitative estimate of drug-likeness (QED) is 0.333. The molecule has 1 fully saturated rings. The number of hydrogen-bond acceptors (Lipinski definition) is 3. The summed E-state index contributed by atoms with van der Waals surface area (Å²) >= 11 is 0. The fraction of sp³-hybridized carbons (Fsp3) is 0.650. The molecule has 3 N–H and O–H groups in total. The van der Waals surface area contributed by atoms with Crippen LogP contribution in [0.2, 0.25) is 0 Å². The third-order valence-electron chi connectivity index (χ3n) is 4.79. The van der Waals surface area contributed by atoms with Gasteiger partial charge in [-0.05, 0) is 55.7 Å². The highest BCUT2D eigenvalue weighted by Gasteiger charge is 2.24. The first-order valence-electron chi connectivity index (χ1n) is 9.38. The molecule has 1 aromatic carbocycles. The molecule has 26 heavy (non-hydrogen) atoms. The van der Waals surface area contributed by atoms with Crippen LogP contribution in [-0.4, -0.2) is 37.3 Å². The van der Waals surface area contributed by atoms with Crippen molar-refractivity contribution in [2.24, 2.45) is 16.8 Å². The molecule has 0 bridgehead atoms. The minimum atomic E-state index is -0.620. The molecule has 2 rings (SSSR count). The van der Waals surface area contributed by atoms with E-state index in [2.05, 4.69) is 36.4 Å². The van der Waals surface area contributed by atoms with E-state index in [4.69, 9.17) is 4.74 Å². The molecule has 1 aromatic rings. The maximum atomic E-state index is 10.4. The van der Waals surface area contributed by atoms with Gasteiger partial charge in [0.05, 0.1) is 19.8 Å². The average Bonchev–Trinajstić information content (AvgIpc) is 2.59. The summed E-state index contributed by atoms with van der Waals surface area (Å²) in [5.74, 6) is 3.07. The van der Waals surface area contributed by atoms with E-state index in [1.807, 2.05) is 24.3 Å². The van der Waals surface area contributed by atoms with Crippen LogP contribution < -0.4 is 15.4 Å². The van der Waals surface area contributed by atoms with Crippen molar-refractivity contribution in [3.05, 3.63) is 29.8 Å². The second kappa shape index (κ2) is 11.6. The van der Waals surface area contributed by atoms with Gasteiger partial charge in [-0.25, -0.2) is 0 Å². The standard InChI is InChI=1S/C20H33N3O2.HI/c1-5-21-20(23-17-11-14(2)10-15(3)12-17)22-13-19(24)16-6-8-18(25-4)9-7-16;/h6-9,14-15,17,19,24H,5,10-13H2,1-4H3,(H2,21,22,23);1H. The zero-order valence-electron chi connectivity index (χ0n) is 16.4. The number of aliphatic imine (C=N–C) groups is 1. The van der Waals surface area contributed by atoms with Crippen molar-refractivity contribution in [1.82, 2.24) is 10.6 Å². The Balaban J connectivity index is 0.00000338. The van der Waals surface area contributed by atoms with E-state index in [0.29, 0.717) is 12.6 Å². The first-order chi connectivity index (χ1) is 12.0. The summed E-state index contributed by atoms with van der Waals surface area (Å²) in [4.78, 5) is 4.59. The summed E-state index contributed by atoms with van der Waals surface area (Å²) < 4.78 is 5.15. The summed E-state index contributed by atoms with van der Waals surface area (Å²) in [6, 6.07) is 7.93. The zero-order chi connectivity index (χ0) is 18.2. The third kappa shape index (κ3) is 7.31. The van der Waals surface area contributed by atoms with Gasteiger partial charge in [-0.15, -0.1) is 24.0 Å². The van der Waals surface area contributed by atoms with Crippen molar-refractivity contribution < 1.29 is 9.84 Å². The van der Waals surface area contributed by atoms with Crippen molar-refractivity contribution in [3.8, 4) is 5.75 Å². The number of ether oxygens (including phenoxy) is 1. The molecule has 1 aliphatic rings. The fourth-order valence-electron chi connectivity index (χ4n) is 3.69. The van der Waals surface area contributed by atoms with Crippen LogP contribution in [-0.2, 0) is 0 Å². The summed E-state index contributed by atoms with van der Waals surface area (Å²) in [5.41, 5.74) is 0.848. The summed E-state index contributed by atoms with van der Waals surface area (Å²) in [5, 5.41) is 17.2. The predicted octanol–water partition coefficient (Wildman–Crippen LogP) is 3.73. The van der Waals surface area contributed by atoms with Crippen molar-refractivity contribution in [2.75, 3.05) is 20.2 Å². The fourth-order valence-corrected chi connectivity index (χ4v) is 3.69. The van der Waals surface area contributed by atoms with Gasteiger partial charge in [0.15, 0.2) is 5.96 Å². The number of aliphatic hydroxyl groups is 1. The molecule has 1 saturated carbocycles. The lowest BCUT2D eigenvalue weighted by Crippen LogP contribution is -2.46. The molecule has 3 unspecified atom stereocenters. The average molecular weight is 475 g/mol. The Morgan fingerprint density at radius 2 is 1.81 bits per heavy atom. The molecule has 0 spiro atoms. The van der Waals surface area contributed by atoms with E-state index in [0.717, 1.165) is 35.7 Å². The lowest BCUT2D eigenvalue weighted by Gasteiger charge is -2.33. The van der Waals surface area contributed by atoms with Crippen LogP contribution in [0, 0.1) is 11.8 Å². The highest BCUT2D eigenvalue weighted by Crippen LogP contribution is 2.28. The van der Waals surface area contributed by atoms with Gasteiger partial charge in [-0.3, -0.25) is 4.99 Å². The number of guanidine groups is 1. The number of halogens is 1. The van der Waals surface area contributed by atoms with Crippen molar-refractivity contribution >= 4 is 29.9 Å². The highest BCUT2D eigenvalue weighted by atomic mass is 127. The van der Waals surface area contributed by atoms with Crippen LogP contribution >= 0.6 is 24.0 Å². The number of rotatable bonds is 6. The molecule has 0 aliphatic heterocycles. The number of methoxy groups -OCH3 is 1. The zero-order valence-corrected chi connectivity index (χ0v) is 18.7. The van der Waals surface area contributed by atoms with Crippen LogP contribution in [0.1, 0.15) is 51.7 Å². The monoisotopic (exact) mass is 475 g/mol. The number of benzene rings is 1. The molecule has 0 heterocycles. The molecule has 148 valence electrons. The lowest BCUT2D eigenvalue weighted by molar-refractivity contribution is 0.186. The van der Waals surface area contributed by atoms with Crippen LogP contribution in [0.15, 0.2) is 29.3 Å². The molecular weight excluding hydrogens is 441 g/mol. The maximum Gasteiger partial charge on any atom is 0.191 e. The molecule has 0 saturated heterocycles. The Morgan fingerprint density at radius 3 is 2.35 bits per heavy atom. The van der Waals surface area contributed by atoms with Gasteiger partial charge < -0.3 is 20.5 Å². The van der Waals surface area contributed by atoms with Crippen molar-refractivity contribution in [3.63, 3.8) is 0 Å². The Labute approximate surface area is 175 Å². The second-order valence-electron chi connectivity index (χ2n) is 7.27. The molecule has 3 atom stereocenters. The summed E-state index contributed by atoms with van der Waals surface area (Å²) in [7, 11) is 1.64. The Hall–Kier alpha value is -1.02. The van der Waals surface area contributed by atoms with Crippen LogP contribution in [0.4, 0.5) is 0 Å². The van der Waals surface area contributed by atoms with Gasteiger partial charge in [0.1, 0.15) is 5.75 Å². The normalized spacial score (nSPS) is 24.3. The van der Waals surface area contributed by atoms with E-state index in [1.165, 1.54) is 19.3 Å². The van der Waals surface area contributed by atoms with Gasteiger partial charge in [-0.2, -0.15) is 0 Å². The molecule has 1 aliphatic carbocycles. The van der Waals surface area contributed by atoms with E-state index in [1.54, 1.807) is 7.11 Å². The minimum Gasteiger partial charge on any atom is -0.497 e. The van der Waals surface area contributed by atoms with Crippen molar-refractivity contribution in [2.45, 2.75) is 52.2 Å². The Kier molecular flexibility index (Phi) is 10.3. The molecule has 0 radical (unpaired) electrons. The first-order valence-corrected chi connectivity index (χ1v) is 9.38. The number of nitrogens with one attached hydrogen (secondary N) is 2. The summed E-state index contributed by atoms with van der Waals surface area (Å²) in [6.07, 6.45) is 3.04. The second-order valence-corrected chi connectivity index (χ2v) is 7.27. The van der Waals surface area contributed by atoms with Crippen LogP contribution in [0.5, 0.6) is 5.75 Å². The number of hydrogen-bond donors (Lipinski definition) is 3. The van der Waals surface area contributed by atoms with Gasteiger partial charge >= 0.3 is 0 Å². The van der Waals surface area contributed by atoms with E-state index in [-0.39, 0.29) is 24.0 Å². The van der Waals surface area contributed by atoms with Gasteiger partial charge in [-0.1, -0.05) is 26.0 Å². The van der Waals surface area contributed by atoms with Crippen LogP contribution in [0.3, 0.4) is 0 Å². The number of aliphatic hydroxyl groups excluding tert-OH is 1. The van der Waals surface area contributed by atoms with Crippen molar-refractivity contribution in [1.29, 1.82) is 0 Å². The van der Waals surface area contributed by atoms with Gasteiger partial charge in [0, 0.05) is 12.6 Å². The first kappa shape index (κ1) is 23.0. The van der Waals surface area contributed by atoms with E-state index >= 15 is 0 Å². The largest absolute Gasteiger partial charge is 0.497 e. The number of nitrogens with zero attached hydrogens (tertiary/aromatic N) is 1. The Morgan fingerprint density at radius 1 is 1.19 bits per heavy atom. The molecule has 5 nitrogen and oxygen atoms in total. The molecular formula is C20H34IN3O2. The van der Waals surface area contributed by atoms with E-state index in [9.17, 15) is 5.11 Å². The maximum absolute atomic E-state index is 10.4. The molecule has 0 aromatic heterocycles.